The maximum Gasteiger partial charge on any atom is 0.229 e. The SMILES string of the molecule is CCCCCC(CCCC)SCCCCCN1C(=O)CCC1=O. The highest BCUT2D eigenvalue weighted by atomic mass is 32.2. The molecule has 1 aliphatic rings. The van der Waals surface area contributed by atoms with Gasteiger partial charge in [-0.3, -0.25) is 14.5 Å². The number of nitrogens with zero attached hydrogens (tertiary/aromatic N) is 1. The van der Waals surface area contributed by atoms with Crippen LogP contribution in [0.4, 0.5) is 0 Å². The summed E-state index contributed by atoms with van der Waals surface area (Å²) in [5.74, 6) is 1.28. The molecule has 1 fully saturated rings. The molecule has 1 rings (SSSR count). The summed E-state index contributed by atoms with van der Waals surface area (Å²) < 4.78 is 0. The molecule has 1 saturated heterocycles. The molecule has 1 aliphatic heterocycles. The van der Waals surface area contributed by atoms with Crippen molar-refractivity contribution in [3.8, 4) is 0 Å². The summed E-state index contributed by atoms with van der Waals surface area (Å²) in [4.78, 5) is 24.5. The Morgan fingerprint density at radius 2 is 1.52 bits per heavy atom. The first-order valence-corrected chi connectivity index (χ1v) is 10.7. The Kier molecular flexibility index (Phi) is 11.5. The first-order valence-electron chi connectivity index (χ1n) is 9.63. The lowest BCUT2D eigenvalue weighted by molar-refractivity contribution is -0.138. The Bertz CT molecular complexity index is 330. The number of thioether (sulfide) groups is 1. The maximum absolute atomic E-state index is 11.5. The van der Waals surface area contributed by atoms with E-state index in [-0.39, 0.29) is 11.8 Å². The fourth-order valence-corrected chi connectivity index (χ4v) is 4.41. The number of unbranched alkanes of at least 4 members (excludes halogenated alkanes) is 5. The average molecular weight is 342 g/mol. The van der Waals surface area contributed by atoms with E-state index in [1.54, 1.807) is 0 Å². The number of likely N-dealkylation sites (tertiary alicyclic amines) is 1. The molecule has 134 valence electrons. The van der Waals surface area contributed by atoms with Gasteiger partial charge >= 0.3 is 0 Å². The predicted molar refractivity (Wildman–Crippen MR) is 99.7 cm³/mol. The third-order valence-corrected chi connectivity index (χ3v) is 6.01. The van der Waals surface area contributed by atoms with E-state index in [1.165, 1.54) is 62.0 Å². The third-order valence-electron chi connectivity index (χ3n) is 4.54. The molecule has 23 heavy (non-hydrogen) atoms. The Hall–Kier alpha value is -0.510. The minimum atomic E-state index is 0.0277. The van der Waals surface area contributed by atoms with Crippen LogP contribution < -0.4 is 0 Å². The molecular weight excluding hydrogens is 306 g/mol. The molecule has 0 spiro atoms. The van der Waals surface area contributed by atoms with E-state index in [0.29, 0.717) is 19.4 Å². The fourth-order valence-electron chi connectivity index (χ4n) is 3.04. The van der Waals surface area contributed by atoms with Crippen LogP contribution in [0.25, 0.3) is 0 Å². The van der Waals surface area contributed by atoms with E-state index in [9.17, 15) is 9.59 Å². The lowest BCUT2D eigenvalue weighted by atomic mass is 10.1. The molecule has 0 saturated carbocycles. The fraction of sp³-hybridized carbons (Fsp3) is 0.895. The highest BCUT2D eigenvalue weighted by Crippen LogP contribution is 2.24. The van der Waals surface area contributed by atoms with Gasteiger partial charge in [0.25, 0.3) is 0 Å². The number of carbonyl (C=O) groups excluding carboxylic acids is 2. The first-order chi connectivity index (χ1) is 11.2. The van der Waals surface area contributed by atoms with Crippen LogP contribution in [0, 0.1) is 0 Å². The van der Waals surface area contributed by atoms with E-state index < -0.39 is 0 Å². The maximum atomic E-state index is 11.5. The van der Waals surface area contributed by atoms with Crippen molar-refractivity contribution in [1.29, 1.82) is 0 Å². The summed E-state index contributed by atoms with van der Waals surface area (Å²) in [6.45, 7) is 5.18. The van der Waals surface area contributed by atoms with Gasteiger partial charge in [-0.25, -0.2) is 0 Å². The van der Waals surface area contributed by atoms with Crippen LogP contribution in [0.5, 0.6) is 0 Å². The predicted octanol–water partition coefficient (Wildman–Crippen LogP) is 5.18. The second-order valence-corrected chi connectivity index (χ2v) is 8.04. The Balaban J connectivity index is 2.08. The third kappa shape index (κ3) is 8.78. The van der Waals surface area contributed by atoms with E-state index in [0.717, 1.165) is 18.1 Å². The topological polar surface area (TPSA) is 37.4 Å². The molecule has 0 bridgehead atoms. The number of amides is 2. The molecule has 0 radical (unpaired) electrons. The molecule has 0 aromatic rings. The zero-order chi connectivity index (χ0) is 16.9. The van der Waals surface area contributed by atoms with Gasteiger partial charge in [0, 0.05) is 24.6 Å². The highest BCUT2D eigenvalue weighted by Gasteiger charge is 2.27. The summed E-state index contributed by atoms with van der Waals surface area (Å²) >= 11 is 2.15. The monoisotopic (exact) mass is 341 g/mol. The van der Waals surface area contributed by atoms with Crippen LogP contribution in [0.15, 0.2) is 0 Å². The summed E-state index contributed by atoms with van der Waals surface area (Å²) in [5, 5.41) is 0.836. The number of hydrogen-bond acceptors (Lipinski definition) is 3. The summed E-state index contributed by atoms with van der Waals surface area (Å²) in [6, 6.07) is 0. The first kappa shape index (κ1) is 20.5. The lowest BCUT2D eigenvalue weighted by Crippen LogP contribution is -2.29. The zero-order valence-corrected chi connectivity index (χ0v) is 16.0. The standard InChI is InChI=1S/C19H35NO2S/c1-3-5-8-12-17(11-6-4-2)23-16-10-7-9-15-20-18(21)13-14-19(20)22/h17H,3-16H2,1-2H3. The number of imide groups is 1. The van der Waals surface area contributed by atoms with E-state index in [1.807, 2.05) is 0 Å². The van der Waals surface area contributed by atoms with Crippen LogP contribution in [0.2, 0.25) is 0 Å². The summed E-state index contributed by atoms with van der Waals surface area (Å²) in [7, 11) is 0. The molecule has 1 heterocycles. The normalized spacial score (nSPS) is 16.3. The van der Waals surface area contributed by atoms with E-state index >= 15 is 0 Å². The summed E-state index contributed by atoms with van der Waals surface area (Å²) in [6.07, 6.45) is 13.6. The van der Waals surface area contributed by atoms with Crippen molar-refractivity contribution < 1.29 is 9.59 Å². The molecule has 1 atom stereocenters. The van der Waals surface area contributed by atoms with Crippen molar-refractivity contribution in [1.82, 2.24) is 4.90 Å². The van der Waals surface area contributed by atoms with Crippen molar-refractivity contribution in [2.24, 2.45) is 0 Å². The Labute approximate surface area is 147 Å². The Morgan fingerprint density at radius 3 is 2.17 bits per heavy atom. The van der Waals surface area contributed by atoms with Crippen molar-refractivity contribution >= 4 is 23.6 Å². The van der Waals surface area contributed by atoms with Gasteiger partial charge in [0.1, 0.15) is 0 Å². The van der Waals surface area contributed by atoms with Gasteiger partial charge in [0.2, 0.25) is 11.8 Å². The van der Waals surface area contributed by atoms with Crippen molar-refractivity contribution in [3.63, 3.8) is 0 Å². The van der Waals surface area contributed by atoms with Gasteiger partial charge in [-0.15, -0.1) is 0 Å². The smallest absolute Gasteiger partial charge is 0.229 e. The number of carbonyl (C=O) groups is 2. The summed E-state index contributed by atoms with van der Waals surface area (Å²) in [5.41, 5.74) is 0. The second-order valence-electron chi connectivity index (χ2n) is 6.63. The molecule has 1 unspecified atom stereocenters. The van der Waals surface area contributed by atoms with Crippen LogP contribution in [-0.4, -0.2) is 34.3 Å². The Morgan fingerprint density at radius 1 is 0.870 bits per heavy atom. The van der Waals surface area contributed by atoms with Gasteiger partial charge < -0.3 is 0 Å². The number of rotatable bonds is 14. The minimum Gasteiger partial charge on any atom is -0.283 e. The van der Waals surface area contributed by atoms with Gasteiger partial charge in [0.15, 0.2) is 0 Å². The van der Waals surface area contributed by atoms with Crippen molar-refractivity contribution in [3.05, 3.63) is 0 Å². The highest BCUT2D eigenvalue weighted by molar-refractivity contribution is 7.99. The molecule has 0 aromatic carbocycles. The number of hydrogen-bond donors (Lipinski definition) is 0. The quantitative estimate of drug-likeness (QED) is 0.323. The minimum absolute atomic E-state index is 0.0277. The van der Waals surface area contributed by atoms with Crippen molar-refractivity contribution in [2.75, 3.05) is 12.3 Å². The van der Waals surface area contributed by atoms with Gasteiger partial charge in [-0.2, -0.15) is 11.8 Å². The van der Waals surface area contributed by atoms with Gasteiger partial charge in [-0.1, -0.05) is 52.4 Å². The molecule has 4 heteroatoms. The second kappa shape index (κ2) is 12.9. The van der Waals surface area contributed by atoms with Crippen LogP contribution in [-0.2, 0) is 9.59 Å². The molecule has 0 N–H and O–H groups in total. The molecule has 0 aliphatic carbocycles. The average Bonchev–Trinajstić information content (AvgIpc) is 2.86. The lowest BCUT2D eigenvalue weighted by Gasteiger charge is -2.16. The zero-order valence-electron chi connectivity index (χ0n) is 15.1. The van der Waals surface area contributed by atoms with E-state index in [2.05, 4.69) is 25.6 Å². The molecule has 0 aromatic heterocycles. The molecule has 2 amide bonds. The van der Waals surface area contributed by atoms with Crippen molar-refractivity contribution in [2.45, 2.75) is 96.1 Å². The van der Waals surface area contributed by atoms with E-state index in [4.69, 9.17) is 0 Å². The largest absolute Gasteiger partial charge is 0.283 e. The van der Waals surface area contributed by atoms with Gasteiger partial charge in [0.05, 0.1) is 0 Å². The van der Waals surface area contributed by atoms with Crippen LogP contribution in [0.3, 0.4) is 0 Å². The van der Waals surface area contributed by atoms with Crippen LogP contribution >= 0.6 is 11.8 Å². The van der Waals surface area contributed by atoms with Crippen LogP contribution in [0.1, 0.15) is 90.9 Å². The van der Waals surface area contributed by atoms with Gasteiger partial charge in [-0.05, 0) is 31.4 Å². The molecular formula is C19H35NO2S. The molecule has 3 nitrogen and oxygen atoms in total.